The molecule has 10 nitrogen and oxygen atoms in total. The number of piperidine rings is 1. The van der Waals surface area contributed by atoms with Gasteiger partial charge >= 0.3 is 0 Å². The van der Waals surface area contributed by atoms with Crippen molar-refractivity contribution in [2.24, 2.45) is 0 Å². The normalized spacial score (nSPS) is 19.0. The van der Waals surface area contributed by atoms with Gasteiger partial charge in [-0.1, -0.05) is 11.6 Å². The summed E-state index contributed by atoms with van der Waals surface area (Å²) >= 11 is 6.20. The summed E-state index contributed by atoms with van der Waals surface area (Å²) in [6.45, 7) is 5.35. The zero-order valence-electron chi connectivity index (χ0n) is 20.3. The topological polar surface area (TPSA) is 109 Å². The van der Waals surface area contributed by atoms with Crippen LogP contribution in [0.5, 0.6) is 0 Å². The minimum absolute atomic E-state index is 0.207. The Hall–Kier alpha value is -2.89. The number of likely N-dealkylation sites (tertiary alicyclic amines) is 1. The summed E-state index contributed by atoms with van der Waals surface area (Å²) in [5.74, 6) is 0.665. The third kappa shape index (κ3) is 5.14. The van der Waals surface area contributed by atoms with E-state index in [9.17, 15) is 13.2 Å². The number of sulfonamides is 1. The number of benzene rings is 1. The van der Waals surface area contributed by atoms with Crippen molar-refractivity contribution in [1.82, 2.24) is 19.5 Å². The lowest BCUT2D eigenvalue weighted by Gasteiger charge is -2.35. The van der Waals surface area contributed by atoms with Gasteiger partial charge in [0.05, 0.1) is 42.5 Å². The van der Waals surface area contributed by atoms with E-state index in [4.69, 9.17) is 21.4 Å². The van der Waals surface area contributed by atoms with Crippen LogP contribution >= 0.6 is 11.6 Å². The maximum Gasteiger partial charge on any atom is 0.256 e. The van der Waals surface area contributed by atoms with Gasteiger partial charge in [0.1, 0.15) is 5.82 Å². The van der Waals surface area contributed by atoms with Crippen LogP contribution in [0.15, 0.2) is 30.3 Å². The van der Waals surface area contributed by atoms with Gasteiger partial charge in [0.15, 0.2) is 5.65 Å². The molecule has 1 N–H and O–H groups in total. The van der Waals surface area contributed by atoms with E-state index in [2.05, 4.69) is 14.6 Å². The van der Waals surface area contributed by atoms with E-state index >= 15 is 0 Å². The van der Waals surface area contributed by atoms with Crippen molar-refractivity contribution in [2.75, 3.05) is 48.7 Å². The molecular formula is C24H29ClN6O4S. The molecule has 0 spiro atoms. The number of fused-ring (bicyclic) bond motifs is 1. The van der Waals surface area contributed by atoms with Gasteiger partial charge < -0.3 is 14.5 Å². The summed E-state index contributed by atoms with van der Waals surface area (Å²) < 4.78 is 33.6. The third-order valence-corrected chi connectivity index (χ3v) is 7.33. The summed E-state index contributed by atoms with van der Waals surface area (Å²) in [6.07, 6.45) is 3.60. The number of ether oxygens (including phenoxy) is 1. The number of carbonyl (C=O) groups excluding carboxylic acids is 1. The van der Waals surface area contributed by atoms with Crippen molar-refractivity contribution >= 4 is 44.7 Å². The minimum atomic E-state index is -3.58. The van der Waals surface area contributed by atoms with E-state index in [0.717, 1.165) is 61.5 Å². The highest BCUT2D eigenvalue weighted by Gasteiger charge is 2.32. The van der Waals surface area contributed by atoms with Gasteiger partial charge in [-0.3, -0.25) is 9.52 Å². The van der Waals surface area contributed by atoms with Gasteiger partial charge in [-0.2, -0.15) is 9.61 Å². The molecule has 2 aromatic heterocycles. The molecule has 0 saturated carbocycles. The predicted molar refractivity (Wildman–Crippen MR) is 138 cm³/mol. The first kappa shape index (κ1) is 24.8. The summed E-state index contributed by atoms with van der Waals surface area (Å²) in [4.78, 5) is 22.5. The molecule has 2 saturated heterocycles. The number of hydrogen-bond donors (Lipinski definition) is 1. The average Bonchev–Trinajstić information content (AvgIpc) is 3.28. The van der Waals surface area contributed by atoms with E-state index in [1.807, 2.05) is 23.6 Å². The van der Waals surface area contributed by atoms with Crippen molar-refractivity contribution in [3.05, 3.63) is 52.3 Å². The zero-order chi connectivity index (χ0) is 25.4. The lowest BCUT2D eigenvalue weighted by Crippen LogP contribution is -2.39. The number of aryl methyl sites for hydroxylation is 1. The van der Waals surface area contributed by atoms with Crippen LogP contribution in [0.25, 0.3) is 5.65 Å². The Labute approximate surface area is 215 Å². The molecule has 2 fully saturated rings. The second-order valence-electron chi connectivity index (χ2n) is 9.27. The highest BCUT2D eigenvalue weighted by atomic mass is 35.5. The zero-order valence-corrected chi connectivity index (χ0v) is 21.8. The van der Waals surface area contributed by atoms with Crippen LogP contribution < -0.4 is 9.62 Å². The Morgan fingerprint density at radius 2 is 1.92 bits per heavy atom. The fourth-order valence-electron chi connectivity index (χ4n) is 4.90. The first-order chi connectivity index (χ1) is 17.2. The highest BCUT2D eigenvalue weighted by molar-refractivity contribution is 7.92. The smallest absolute Gasteiger partial charge is 0.256 e. The van der Waals surface area contributed by atoms with Gasteiger partial charge in [-0.05, 0) is 44.4 Å². The average molecular weight is 533 g/mol. The summed E-state index contributed by atoms with van der Waals surface area (Å²) in [5.41, 5.74) is 2.80. The van der Waals surface area contributed by atoms with Gasteiger partial charge in [-0.25, -0.2) is 13.4 Å². The maximum absolute atomic E-state index is 13.8. The number of halogens is 1. The van der Waals surface area contributed by atoms with Crippen molar-refractivity contribution in [2.45, 2.75) is 32.2 Å². The Morgan fingerprint density at radius 3 is 2.67 bits per heavy atom. The number of morpholine rings is 1. The van der Waals surface area contributed by atoms with E-state index in [0.29, 0.717) is 24.8 Å². The van der Waals surface area contributed by atoms with Gasteiger partial charge in [0.2, 0.25) is 10.0 Å². The molecule has 0 aliphatic carbocycles. The van der Waals surface area contributed by atoms with E-state index in [1.54, 1.807) is 11.0 Å². The highest BCUT2D eigenvalue weighted by Crippen LogP contribution is 2.34. The maximum atomic E-state index is 13.8. The quantitative estimate of drug-likeness (QED) is 0.537. The van der Waals surface area contributed by atoms with Crippen LogP contribution in [0.2, 0.25) is 5.02 Å². The van der Waals surface area contributed by atoms with E-state index in [1.165, 1.54) is 12.1 Å². The van der Waals surface area contributed by atoms with Crippen LogP contribution in [0.3, 0.4) is 0 Å². The third-order valence-electron chi connectivity index (χ3n) is 6.50. The standard InChI is InChI=1S/C24H29ClN6O4S/c1-16-13-23(29-9-11-35-12-10-29)31-22(26-16)15-20(27-31)21-5-3-4-8-30(21)24(32)18-14-17(25)6-7-19(18)28-36(2,33)34/h6-7,13-15,21,28H,3-5,8-12H2,1-2H3/t21-/m0/s1. The molecule has 5 rings (SSSR count). The number of anilines is 2. The SMILES string of the molecule is Cc1cc(N2CCOCC2)n2nc([C@@H]3CCCCN3C(=O)c3cc(Cl)ccc3NS(C)(=O)=O)cc2n1. The molecule has 2 aliphatic rings. The predicted octanol–water partition coefficient (Wildman–Crippen LogP) is 3.27. The molecule has 1 amide bonds. The van der Waals surface area contributed by atoms with E-state index in [-0.39, 0.29) is 23.2 Å². The molecular weight excluding hydrogens is 504 g/mol. The Morgan fingerprint density at radius 1 is 1.14 bits per heavy atom. The number of rotatable bonds is 5. The van der Waals surface area contributed by atoms with Crippen molar-refractivity contribution in [1.29, 1.82) is 0 Å². The Kier molecular flexibility index (Phi) is 6.80. The molecule has 3 aromatic rings. The number of hydrogen-bond acceptors (Lipinski definition) is 7. The molecule has 0 bridgehead atoms. The first-order valence-corrected chi connectivity index (χ1v) is 14.2. The second-order valence-corrected chi connectivity index (χ2v) is 11.5. The number of carbonyl (C=O) groups is 1. The molecule has 4 heterocycles. The van der Waals surface area contributed by atoms with Crippen LogP contribution in [0.4, 0.5) is 11.5 Å². The summed E-state index contributed by atoms with van der Waals surface area (Å²) in [7, 11) is -3.58. The molecule has 2 aliphatic heterocycles. The monoisotopic (exact) mass is 532 g/mol. The van der Waals surface area contributed by atoms with Crippen molar-refractivity contribution < 1.29 is 17.9 Å². The van der Waals surface area contributed by atoms with Crippen molar-refractivity contribution in [3.63, 3.8) is 0 Å². The number of nitrogens with zero attached hydrogens (tertiary/aromatic N) is 5. The lowest BCUT2D eigenvalue weighted by molar-refractivity contribution is 0.0607. The Balaban J connectivity index is 1.52. The fourth-order valence-corrected chi connectivity index (χ4v) is 5.65. The second kappa shape index (κ2) is 9.87. The largest absolute Gasteiger partial charge is 0.378 e. The van der Waals surface area contributed by atoms with Crippen molar-refractivity contribution in [3.8, 4) is 0 Å². The molecule has 192 valence electrons. The molecule has 12 heteroatoms. The van der Waals surface area contributed by atoms with Crippen LogP contribution in [-0.2, 0) is 14.8 Å². The molecule has 0 radical (unpaired) electrons. The molecule has 0 unspecified atom stereocenters. The van der Waals surface area contributed by atoms with Gasteiger partial charge in [0, 0.05) is 42.5 Å². The lowest BCUT2D eigenvalue weighted by atomic mass is 9.98. The molecule has 1 aromatic carbocycles. The first-order valence-electron chi connectivity index (χ1n) is 12.0. The van der Waals surface area contributed by atoms with Crippen LogP contribution in [0, 0.1) is 6.92 Å². The van der Waals surface area contributed by atoms with Gasteiger partial charge in [-0.15, -0.1) is 0 Å². The summed E-state index contributed by atoms with van der Waals surface area (Å²) in [5, 5.41) is 5.27. The number of nitrogens with one attached hydrogen (secondary N) is 1. The minimum Gasteiger partial charge on any atom is -0.378 e. The fraction of sp³-hybridized carbons (Fsp3) is 0.458. The van der Waals surface area contributed by atoms with Crippen LogP contribution in [-0.4, -0.2) is 72.9 Å². The van der Waals surface area contributed by atoms with Crippen LogP contribution in [0.1, 0.15) is 47.1 Å². The summed E-state index contributed by atoms with van der Waals surface area (Å²) in [6, 6.07) is 8.28. The number of aromatic nitrogens is 3. The van der Waals surface area contributed by atoms with E-state index < -0.39 is 10.0 Å². The Bertz CT molecular complexity index is 1400. The molecule has 1 atom stereocenters. The number of amides is 1. The van der Waals surface area contributed by atoms with Gasteiger partial charge in [0.25, 0.3) is 5.91 Å². The molecule has 36 heavy (non-hydrogen) atoms.